The van der Waals surface area contributed by atoms with Gasteiger partial charge >= 0.3 is 5.97 Å². The molecule has 2 heterocycles. The van der Waals surface area contributed by atoms with Crippen LogP contribution in [0.25, 0.3) is 11.0 Å². The number of aromatic nitrogens is 2. The fourth-order valence-corrected chi connectivity index (χ4v) is 5.28. The zero-order chi connectivity index (χ0) is 24.9. The molecule has 0 radical (unpaired) electrons. The van der Waals surface area contributed by atoms with Crippen molar-refractivity contribution in [2.45, 2.75) is 39.6 Å². The molecule has 0 amide bonds. The first-order chi connectivity index (χ1) is 17.6. The molecule has 36 heavy (non-hydrogen) atoms. The Labute approximate surface area is 213 Å². The van der Waals surface area contributed by atoms with Gasteiger partial charge in [-0.2, -0.15) is 0 Å². The van der Waals surface area contributed by atoms with Crippen molar-refractivity contribution in [3.05, 3.63) is 101 Å². The summed E-state index contributed by atoms with van der Waals surface area (Å²) in [5, 5.41) is 0. The molecule has 3 aromatic carbocycles. The van der Waals surface area contributed by atoms with E-state index in [1.165, 1.54) is 23.6 Å². The molecule has 1 aromatic heterocycles. The smallest absolute Gasteiger partial charge is 0.303 e. The molecule has 4 aromatic rings. The van der Waals surface area contributed by atoms with Crippen molar-refractivity contribution in [3.63, 3.8) is 0 Å². The Morgan fingerprint density at radius 1 is 0.917 bits per heavy atom. The van der Waals surface area contributed by atoms with E-state index >= 15 is 0 Å². The third kappa shape index (κ3) is 5.35. The number of hydrogen-bond acceptors (Lipinski definition) is 5. The number of piperazine rings is 1. The summed E-state index contributed by atoms with van der Waals surface area (Å²) in [6, 6.07) is 28.5. The first-order valence-electron chi connectivity index (χ1n) is 12.8. The van der Waals surface area contributed by atoms with Crippen LogP contribution in [-0.2, 0) is 29.2 Å². The summed E-state index contributed by atoms with van der Waals surface area (Å²) in [6.45, 7) is 9.51. The average molecular weight is 483 g/mol. The molecule has 6 heteroatoms. The molecule has 0 aliphatic carbocycles. The van der Waals surface area contributed by atoms with Gasteiger partial charge in [-0.3, -0.25) is 14.6 Å². The third-order valence-electron chi connectivity index (χ3n) is 7.02. The normalized spacial score (nSPS) is 15.0. The Morgan fingerprint density at radius 2 is 1.56 bits per heavy atom. The van der Waals surface area contributed by atoms with Crippen molar-refractivity contribution in [1.82, 2.24) is 19.4 Å². The van der Waals surface area contributed by atoms with Crippen molar-refractivity contribution < 1.29 is 9.53 Å². The highest BCUT2D eigenvalue weighted by molar-refractivity contribution is 5.77. The van der Waals surface area contributed by atoms with E-state index in [1.807, 2.05) is 0 Å². The fourth-order valence-electron chi connectivity index (χ4n) is 5.28. The molecule has 1 saturated heterocycles. The van der Waals surface area contributed by atoms with E-state index in [9.17, 15) is 4.79 Å². The third-order valence-corrected chi connectivity index (χ3v) is 7.02. The number of ether oxygens (including phenoxy) is 1. The van der Waals surface area contributed by atoms with Crippen molar-refractivity contribution in [2.24, 2.45) is 0 Å². The Kier molecular flexibility index (Phi) is 7.44. The van der Waals surface area contributed by atoms with Gasteiger partial charge in [0.25, 0.3) is 0 Å². The van der Waals surface area contributed by atoms with E-state index in [0.717, 1.165) is 56.1 Å². The molecule has 186 valence electrons. The predicted molar refractivity (Wildman–Crippen MR) is 142 cm³/mol. The first kappa shape index (κ1) is 24.2. The lowest BCUT2D eigenvalue weighted by molar-refractivity contribution is -0.142. The molecule has 0 N–H and O–H groups in total. The number of rotatable bonds is 8. The summed E-state index contributed by atoms with van der Waals surface area (Å²) >= 11 is 0. The van der Waals surface area contributed by atoms with Crippen molar-refractivity contribution in [1.29, 1.82) is 0 Å². The maximum atomic E-state index is 11.3. The number of benzene rings is 3. The number of hydrogen-bond donors (Lipinski definition) is 0. The standard InChI is InChI=1S/C30H34N4O2/c1-3-34-28-15-14-24(20-27(28)31-29(34)22-36-23(2)35)21-32-16-18-33(19-17-32)30(25-10-6-4-7-11-25)26-12-8-5-9-13-26/h4-15,20,30H,3,16-19,21-22H2,1-2H3. The Bertz CT molecular complexity index is 1260. The van der Waals surface area contributed by atoms with E-state index < -0.39 is 0 Å². The molecule has 0 spiro atoms. The van der Waals surface area contributed by atoms with Gasteiger partial charge in [0.05, 0.1) is 17.1 Å². The number of aryl methyl sites for hydroxylation is 1. The molecule has 0 unspecified atom stereocenters. The molecule has 0 saturated carbocycles. The zero-order valence-corrected chi connectivity index (χ0v) is 21.1. The quantitative estimate of drug-likeness (QED) is 0.330. The first-order valence-corrected chi connectivity index (χ1v) is 12.8. The predicted octanol–water partition coefficient (Wildman–Crippen LogP) is 5.03. The van der Waals surface area contributed by atoms with Crippen LogP contribution in [0.2, 0.25) is 0 Å². The van der Waals surface area contributed by atoms with E-state index in [4.69, 9.17) is 9.72 Å². The highest BCUT2D eigenvalue weighted by Gasteiger charge is 2.26. The van der Waals surface area contributed by atoms with Gasteiger partial charge in [-0.1, -0.05) is 66.7 Å². The maximum Gasteiger partial charge on any atom is 0.303 e. The lowest BCUT2D eigenvalue weighted by Gasteiger charge is -2.39. The topological polar surface area (TPSA) is 50.6 Å². The van der Waals surface area contributed by atoms with Gasteiger partial charge in [-0.15, -0.1) is 0 Å². The van der Waals surface area contributed by atoms with Gasteiger partial charge in [-0.05, 0) is 35.7 Å². The van der Waals surface area contributed by atoms with Crippen molar-refractivity contribution in [2.75, 3.05) is 26.2 Å². The molecule has 0 bridgehead atoms. The second kappa shape index (κ2) is 11.1. The van der Waals surface area contributed by atoms with Gasteiger partial charge in [0.2, 0.25) is 0 Å². The highest BCUT2D eigenvalue weighted by Crippen LogP contribution is 2.30. The van der Waals surface area contributed by atoms with Gasteiger partial charge < -0.3 is 9.30 Å². The van der Waals surface area contributed by atoms with Crippen LogP contribution in [0.3, 0.4) is 0 Å². The van der Waals surface area contributed by atoms with Crippen LogP contribution < -0.4 is 0 Å². The maximum absolute atomic E-state index is 11.3. The summed E-state index contributed by atoms with van der Waals surface area (Å²) in [5.74, 6) is 0.507. The largest absolute Gasteiger partial charge is 0.458 e. The van der Waals surface area contributed by atoms with Gasteiger partial charge in [-0.25, -0.2) is 4.98 Å². The van der Waals surface area contributed by atoms with E-state index in [0.29, 0.717) is 0 Å². The van der Waals surface area contributed by atoms with Crippen LogP contribution in [0.15, 0.2) is 78.9 Å². The van der Waals surface area contributed by atoms with Crippen LogP contribution in [0.5, 0.6) is 0 Å². The summed E-state index contributed by atoms with van der Waals surface area (Å²) in [4.78, 5) is 21.2. The van der Waals surface area contributed by atoms with Gasteiger partial charge in [0, 0.05) is 46.2 Å². The minimum atomic E-state index is -0.286. The van der Waals surface area contributed by atoms with Crippen LogP contribution in [-0.4, -0.2) is 51.5 Å². The number of carbonyl (C=O) groups is 1. The molecule has 6 nitrogen and oxygen atoms in total. The number of esters is 1. The monoisotopic (exact) mass is 482 g/mol. The molecule has 5 rings (SSSR count). The van der Waals surface area contributed by atoms with Gasteiger partial charge in [0.15, 0.2) is 0 Å². The molecule has 0 atom stereocenters. The van der Waals surface area contributed by atoms with E-state index in [2.05, 4.69) is 100 Å². The van der Waals surface area contributed by atoms with Crippen LogP contribution >= 0.6 is 0 Å². The SMILES string of the molecule is CCn1c(COC(C)=O)nc2cc(CN3CCN(C(c4ccccc4)c4ccccc4)CC3)ccc21. The van der Waals surface area contributed by atoms with E-state index in [-0.39, 0.29) is 18.6 Å². The lowest BCUT2D eigenvalue weighted by atomic mass is 9.96. The summed E-state index contributed by atoms with van der Waals surface area (Å²) in [6.07, 6.45) is 0. The second-order valence-corrected chi connectivity index (χ2v) is 9.41. The minimum Gasteiger partial charge on any atom is -0.458 e. The molecular weight excluding hydrogens is 448 g/mol. The highest BCUT2D eigenvalue weighted by atomic mass is 16.5. The van der Waals surface area contributed by atoms with Crippen molar-refractivity contribution in [3.8, 4) is 0 Å². The number of fused-ring (bicyclic) bond motifs is 1. The zero-order valence-electron chi connectivity index (χ0n) is 21.1. The minimum absolute atomic E-state index is 0.207. The van der Waals surface area contributed by atoms with Crippen molar-refractivity contribution >= 4 is 17.0 Å². The van der Waals surface area contributed by atoms with Crippen LogP contribution in [0.4, 0.5) is 0 Å². The number of imidazole rings is 1. The fraction of sp³-hybridized carbons (Fsp3) is 0.333. The van der Waals surface area contributed by atoms with E-state index in [1.54, 1.807) is 0 Å². The van der Waals surface area contributed by atoms with Crippen LogP contribution in [0.1, 0.15) is 42.4 Å². The lowest BCUT2D eigenvalue weighted by Crippen LogP contribution is -2.47. The molecule has 1 aliphatic rings. The Balaban J connectivity index is 1.27. The number of nitrogens with zero attached hydrogens (tertiary/aromatic N) is 4. The average Bonchev–Trinajstić information content (AvgIpc) is 3.26. The summed E-state index contributed by atoms with van der Waals surface area (Å²) < 4.78 is 7.33. The summed E-state index contributed by atoms with van der Waals surface area (Å²) in [7, 11) is 0. The second-order valence-electron chi connectivity index (χ2n) is 9.41. The Morgan fingerprint density at radius 3 is 2.14 bits per heavy atom. The van der Waals surface area contributed by atoms with Gasteiger partial charge in [0.1, 0.15) is 12.4 Å². The Hall–Kier alpha value is -3.48. The molecule has 1 aliphatic heterocycles. The van der Waals surface area contributed by atoms with Crippen LogP contribution in [0, 0.1) is 0 Å². The number of carbonyl (C=O) groups excluding carboxylic acids is 1. The summed E-state index contributed by atoms with van der Waals surface area (Å²) in [5.41, 5.74) is 6.00. The molecular formula is C30H34N4O2. The molecule has 1 fully saturated rings.